The number of hydrogen-bond acceptors (Lipinski definition) is 3. The van der Waals surface area contributed by atoms with Crippen molar-refractivity contribution in [3.63, 3.8) is 0 Å². The Morgan fingerprint density at radius 3 is 2.43 bits per heavy atom. The third-order valence-electron chi connectivity index (χ3n) is 3.43. The third kappa shape index (κ3) is 3.32. The molecule has 0 saturated heterocycles. The zero-order chi connectivity index (χ0) is 15.0. The molecule has 0 spiro atoms. The van der Waals surface area contributed by atoms with Crippen molar-refractivity contribution in [2.24, 2.45) is 0 Å². The van der Waals surface area contributed by atoms with Gasteiger partial charge in [-0.2, -0.15) is 0 Å². The van der Waals surface area contributed by atoms with Gasteiger partial charge in [-0.15, -0.1) is 0 Å². The van der Waals surface area contributed by atoms with E-state index in [9.17, 15) is 4.79 Å². The molecule has 1 saturated carbocycles. The Morgan fingerprint density at radius 2 is 1.86 bits per heavy atom. The summed E-state index contributed by atoms with van der Waals surface area (Å²) >= 11 is 0. The minimum absolute atomic E-state index is 0.122. The van der Waals surface area contributed by atoms with Crippen molar-refractivity contribution < 1.29 is 4.74 Å². The van der Waals surface area contributed by atoms with Gasteiger partial charge in [0.15, 0.2) is 0 Å². The highest BCUT2D eigenvalue weighted by molar-refractivity contribution is 5.59. The molecule has 3 rings (SSSR count). The maximum atomic E-state index is 11.8. The maximum Gasteiger partial charge on any atom is 0.251 e. The van der Waals surface area contributed by atoms with Gasteiger partial charge in [0.05, 0.1) is 11.8 Å². The quantitative estimate of drug-likeness (QED) is 0.941. The third-order valence-corrected chi connectivity index (χ3v) is 3.43. The van der Waals surface area contributed by atoms with Crippen LogP contribution < -0.4 is 10.3 Å². The number of aromatic amines is 1. The fraction of sp³-hybridized carbons (Fsp3) is 0.412. The number of benzene rings is 1. The van der Waals surface area contributed by atoms with Crippen molar-refractivity contribution in [2.75, 3.05) is 0 Å². The van der Waals surface area contributed by atoms with Crippen LogP contribution in [0, 0.1) is 0 Å². The number of H-pyrrole nitrogens is 1. The SMILES string of the molecule is CC(C)(C)c1nc(-c2ccc(OC3CC3)cc2)cc(=O)[nH]1. The average Bonchev–Trinajstić information content (AvgIpc) is 3.22. The average molecular weight is 284 g/mol. The van der Waals surface area contributed by atoms with Crippen LogP contribution in [0.15, 0.2) is 35.1 Å². The molecule has 4 nitrogen and oxygen atoms in total. The normalized spacial score (nSPS) is 15.0. The summed E-state index contributed by atoms with van der Waals surface area (Å²) in [6.45, 7) is 6.09. The maximum absolute atomic E-state index is 11.8. The van der Waals surface area contributed by atoms with Crippen LogP contribution in [0.4, 0.5) is 0 Å². The van der Waals surface area contributed by atoms with E-state index in [1.165, 1.54) is 6.07 Å². The number of nitrogens with zero attached hydrogens (tertiary/aromatic N) is 1. The Balaban J connectivity index is 1.92. The molecular formula is C17H20N2O2. The molecule has 1 fully saturated rings. The number of ether oxygens (including phenoxy) is 1. The number of hydrogen-bond donors (Lipinski definition) is 1. The van der Waals surface area contributed by atoms with Crippen molar-refractivity contribution in [3.05, 3.63) is 46.5 Å². The Kier molecular flexibility index (Phi) is 3.32. The Labute approximate surface area is 124 Å². The van der Waals surface area contributed by atoms with Gasteiger partial charge in [0.1, 0.15) is 11.6 Å². The van der Waals surface area contributed by atoms with Crippen molar-refractivity contribution in [3.8, 4) is 17.0 Å². The highest BCUT2D eigenvalue weighted by Crippen LogP contribution is 2.28. The number of nitrogens with one attached hydrogen (secondary N) is 1. The van der Waals surface area contributed by atoms with Gasteiger partial charge in [-0.3, -0.25) is 4.79 Å². The Hall–Kier alpha value is -2.10. The molecule has 1 aliphatic carbocycles. The van der Waals surface area contributed by atoms with E-state index < -0.39 is 0 Å². The highest BCUT2D eigenvalue weighted by Gasteiger charge is 2.23. The summed E-state index contributed by atoms with van der Waals surface area (Å²) < 4.78 is 5.73. The molecule has 0 radical (unpaired) electrons. The van der Waals surface area contributed by atoms with E-state index >= 15 is 0 Å². The van der Waals surface area contributed by atoms with Crippen molar-refractivity contribution in [2.45, 2.75) is 45.1 Å². The molecule has 1 heterocycles. The largest absolute Gasteiger partial charge is 0.490 e. The lowest BCUT2D eigenvalue weighted by atomic mass is 9.95. The van der Waals surface area contributed by atoms with Crippen LogP contribution in [-0.2, 0) is 5.41 Å². The predicted molar refractivity (Wildman–Crippen MR) is 82.6 cm³/mol. The van der Waals surface area contributed by atoms with Gasteiger partial charge in [0.2, 0.25) is 0 Å². The van der Waals surface area contributed by atoms with Crippen molar-refractivity contribution in [1.82, 2.24) is 9.97 Å². The molecule has 2 aromatic rings. The molecule has 0 atom stereocenters. The first kappa shape index (κ1) is 13.9. The molecule has 1 aromatic heterocycles. The predicted octanol–water partition coefficient (Wildman–Crippen LogP) is 3.28. The van der Waals surface area contributed by atoms with Crippen LogP contribution in [0.3, 0.4) is 0 Å². The monoisotopic (exact) mass is 284 g/mol. The van der Waals surface area contributed by atoms with Gasteiger partial charge >= 0.3 is 0 Å². The lowest BCUT2D eigenvalue weighted by molar-refractivity contribution is 0.303. The number of aromatic nitrogens is 2. The molecule has 1 aliphatic rings. The summed E-state index contributed by atoms with van der Waals surface area (Å²) in [5.41, 5.74) is 1.31. The summed E-state index contributed by atoms with van der Waals surface area (Å²) in [4.78, 5) is 19.2. The molecule has 21 heavy (non-hydrogen) atoms. The first-order chi connectivity index (χ1) is 9.91. The van der Waals surface area contributed by atoms with E-state index in [0.29, 0.717) is 17.6 Å². The minimum Gasteiger partial charge on any atom is -0.490 e. The van der Waals surface area contributed by atoms with Gasteiger partial charge in [-0.25, -0.2) is 4.98 Å². The van der Waals surface area contributed by atoms with Crippen LogP contribution in [0.2, 0.25) is 0 Å². The summed E-state index contributed by atoms with van der Waals surface area (Å²) in [5, 5.41) is 0. The van der Waals surface area contributed by atoms with Gasteiger partial charge < -0.3 is 9.72 Å². The standard InChI is InChI=1S/C17H20N2O2/c1-17(2,3)16-18-14(10-15(20)19-16)11-4-6-12(7-5-11)21-13-8-9-13/h4-7,10,13H,8-9H2,1-3H3,(H,18,19,20). The van der Waals surface area contributed by atoms with Gasteiger partial charge in [-0.1, -0.05) is 20.8 Å². The Bertz CT molecular complexity index is 692. The van der Waals surface area contributed by atoms with E-state index in [1.54, 1.807) is 0 Å². The second-order valence-corrected chi connectivity index (χ2v) is 6.57. The summed E-state index contributed by atoms with van der Waals surface area (Å²) in [6.07, 6.45) is 2.68. The van der Waals surface area contributed by atoms with Crippen LogP contribution in [0.25, 0.3) is 11.3 Å². The van der Waals surface area contributed by atoms with Crippen molar-refractivity contribution in [1.29, 1.82) is 0 Å². The lowest BCUT2D eigenvalue weighted by Crippen LogP contribution is -2.21. The van der Waals surface area contributed by atoms with Gasteiger partial charge in [0, 0.05) is 17.0 Å². The Morgan fingerprint density at radius 1 is 1.19 bits per heavy atom. The first-order valence-electron chi connectivity index (χ1n) is 7.31. The summed E-state index contributed by atoms with van der Waals surface area (Å²) in [5.74, 6) is 1.57. The van der Waals surface area contributed by atoms with Crippen molar-refractivity contribution >= 4 is 0 Å². The van der Waals surface area contributed by atoms with Crippen LogP contribution >= 0.6 is 0 Å². The fourth-order valence-electron chi connectivity index (χ4n) is 2.04. The molecule has 1 aromatic carbocycles. The van der Waals surface area contributed by atoms with E-state index in [1.807, 2.05) is 45.0 Å². The van der Waals surface area contributed by atoms with E-state index in [0.717, 1.165) is 24.2 Å². The molecule has 4 heteroatoms. The highest BCUT2D eigenvalue weighted by atomic mass is 16.5. The number of rotatable bonds is 3. The minimum atomic E-state index is -0.190. The summed E-state index contributed by atoms with van der Waals surface area (Å²) in [6, 6.07) is 9.31. The molecule has 1 N–H and O–H groups in total. The molecule has 0 bridgehead atoms. The topological polar surface area (TPSA) is 55.0 Å². The van der Waals surface area contributed by atoms with Crippen LogP contribution in [0.1, 0.15) is 39.4 Å². The molecular weight excluding hydrogens is 264 g/mol. The lowest BCUT2D eigenvalue weighted by Gasteiger charge is -2.17. The second kappa shape index (κ2) is 5.02. The molecule has 110 valence electrons. The molecule has 0 aliphatic heterocycles. The smallest absolute Gasteiger partial charge is 0.251 e. The van der Waals surface area contributed by atoms with Gasteiger partial charge in [0.25, 0.3) is 5.56 Å². The van der Waals surface area contributed by atoms with Gasteiger partial charge in [-0.05, 0) is 37.1 Å². The fourth-order valence-corrected chi connectivity index (χ4v) is 2.04. The zero-order valence-electron chi connectivity index (χ0n) is 12.6. The summed E-state index contributed by atoms with van der Waals surface area (Å²) in [7, 11) is 0. The molecule has 0 amide bonds. The van der Waals surface area contributed by atoms with Crippen LogP contribution in [-0.4, -0.2) is 16.1 Å². The van der Waals surface area contributed by atoms with E-state index in [4.69, 9.17) is 4.74 Å². The first-order valence-corrected chi connectivity index (χ1v) is 7.31. The zero-order valence-corrected chi connectivity index (χ0v) is 12.6. The molecule has 0 unspecified atom stereocenters. The van der Waals surface area contributed by atoms with E-state index in [-0.39, 0.29) is 11.0 Å². The second-order valence-electron chi connectivity index (χ2n) is 6.57. The van der Waals surface area contributed by atoms with E-state index in [2.05, 4.69) is 9.97 Å². The van der Waals surface area contributed by atoms with Crippen LogP contribution in [0.5, 0.6) is 5.75 Å².